The summed E-state index contributed by atoms with van der Waals surface area (Å²) in [4.78, 5) is 17.6. The Labute approximate surface area is 108 Å². The van der Waals surface area contributed by atoms with E-state index in [1.807, 2.05) is 24.3 Å². The molecule has 5 nitrogen and oxygen atoms in total. The molecule has 1 aromatic heterocycles. The predicted molar refractivity (Wildman–Crippen MR) is 69.5 cm³/mol. The molecule has 2 aromatic rings. The second-order valence-electron chi connectivity index (χ2n) is 4.14. The summed E-state index contributed by atoms with van der Waals surface area (Å²) in [5, 5.41) is 0.884. The zero-order valence-corrected chi connectivity index (χ0v) is 10.5. The molecule has 0 aliphatic carbocycles. The molecule has 0 spiro atoms. The molecule has 0 bridgehead atoms. The van der Waals surface area contributed by atoms with Gasteiger partial charge in [0.05, 0.1) is 23.4 Å². The van der Waals surface area contributed by atoms with Crippen LogP contribution in [0, 0.1) is 0 Å². The first-order valence-electron chi connectivity index (χ1n) is 5.75. The number of para-hydroxylation sites is 1. The van der Waals surface area contributed by atoms with Gasteiger partial charge in [0.25, 0.3) is 0 Å². The van der Waals surface area contributed by atoms with Crippen molar-refractivity contribution in [1.29, 1.82) is 0 Å². The molecule has 2 N–H and O–H groups in total. The van der Waals surface area contributed by atoms with Gasteiger partial charge < -0.3 is 15.4 Å². The molecule has 0 saturated carbocycles. The normalized spacial score (nSPS) is 20.2. The van der Waals surface area contributed by atoms with Crippen molar-refractivity contribution in [2.75, 3.05) is 19.8 Å². The van der Waals surface area contributed by atoms with Crippen LogP contribution in [-0.2, 0) is 4.74 Å². The van der Waals surface area contributed by atoms with Crippen LogP contribution < -0.4 is 5.73 Å². The maximum atomic E-state index is 11.4. The van der Waals surface area contributed by atoms with Crippen LogP contribution in [0.15, 0.2) is 24.3 Å². The summed E-state index contributed by atoms with van der Waals surface area (Å²) >= 11 is 1.58. The number of nitrogens with two attached hydrogens (primary N) is 1. The number of benzene rings is 1. The van der Waals surface area contributed by atoms with Gasteiger partial charge in [-0.1, -0.05) is 12.1 Å². The number of amides is 2. The summed E-state index contributed by atoms with van der Waals surface area (Å²) in [7, 11) is 0. The van der Waals surface area contributed by atoms with Crippen molar-refractivity contribution < 1.29 is 9.53 Å². The molecule has 2 heterocycles. The number of primary amides is 1. The van der Waals surface area contributed by atoms with Gasteiger partial charge in [0, 0.05) is 6.54 Å². The number of fused-ring (bicyclic) bond motifs is 1. The monoisotopic (exact) mass is 263 g/mol. The highest BCUT2D eigenvalue weighted by molar-refractivity contribution is 7.18. The molecule has 2 amide bonds. The van der Waals surface area contributed by atoms with E-state index < -0.39 is 6.03 Å². The zero-order valence-electron chi connectivity index (χ0n) is 9.70. The van der Waals surface area contributed by atoms with Gasteiger partial charge in [0.2, 0.25) is 0 Å². The number of hydrogen-bond acceptors (Lipinski definition) is 4. The minimum absolute atomic E-state index is 0.159. The summed E-state index contributed by atoms with van der Waals surface area (Å²) < 4.78 is 6.54. The van der Waals surface area contributed by atoms with Gasteiger partial charge in [-0.25, -0.2) is 9.78 Å². The Balaban J connectivity index is 1.98. The van der Waals surface area contributed by atoms with Gasteiger partial charge in [0.15, 0.2) is 0 Å². The van der Waals surface area contributed by atoms with Crippen molar-refractivity contribution in [2.45, 2.75) is 6.04 Å². The average Bonchev–Trinajstić information content (AvgIpc) is 2.82. The number of urea groups is 1. The van der Waals surface area contributed by atoms with Crippen LogP contribution in [0.25, 0.3) is 10.2 Å². The third-order valence-corrected chi connectivity index (χ3v) is 4.14. The Bertz CT molecular complexity index is 550. The molecule has 1 saturated heterocycles. The summed E-state index contributed by atoms with van der Waals surface area (Å²) in [6.45, 7) is 1.52. The van der Waals surface area contributed by atoms with Crippen LogP contribution in [0.2, 0.25) is 0 Å². The van der Waals surface area contributed by atoms with Crippen molar-refractivity contribution in [1.82, 2.24) is 9.88 Å². The van der Waals surface area contributed by atoms with Crippen molar-refractivity contribution >= 4 is 27.6 Å². The Hall–Kier alpha value is -1.66. The smallest absolute Gasteiger partial charge is 0.315 e. The second kappa shape index (κ2) is 4.55. The van der Waals surface area contributed by atoms with Crippen LogP contribution in [0.1, 0.15) is 11.0 Å². The summed E-state index contributed by atoms with van der Waals surface area (Å²) in [5.41, 5.74) is 6.35. The summed E-state index contributed by atoms with van der Waals surface area (Å²) in [6.07, 6.45) is 0. The van der Waals surface area contributed by atoms with Gasteiger partial charge in [-0.2, -0.15) is 0 Å². The van der Waals surface area contributed by atoms with Crippen LogP contribution in [-0.4, -0.2) is 35.7 Å². The molecule has 3 rings (SSSR count). The highest BCUT2D eigenvalue weighted by Crippen LogP contribution is 2.31. The lowest BCUT2D eigenvalue weighted by molar-refractivity contribution is 0.0137. The molecule has 0 radical (unpaired) electrons. The topological polar surface area (TPSA) is 68.5 Å². The SMILES string of the molecule is NC(=O)N1CCOCC1c1nc2ccccc2s1. The van der Waals surface area contributed by atoms with Crippen molar-refractivity contribution in [3.63, 3.8) is 0 Å². The average molecular weight is 263 g/mol. The summed E-state index contributed by atoms with van der Waals surface area (Å²) in [6, 6.07) is 7.35. The van der Waals surface area contributed by atoms with E-state index in [-0.39, 0.29) is 6.04 Å². The van der Waals surface area contributed by atoms with Crippen LogP contribution in [0.3, 0.4) is 0 Å². The lowest BCUT2D eigenvalue weighted by atomic mass is 10.2. The maximum Gasteiger partial charge on any atom is 0.315 e. The standard InChI is InChI=1S/C12H13N3O2S/c13-12(16)15-5-6-17-7-9(15)11-14-8-3-1-2-4-10(8)18-11/h1-4,9H,5-7H2,(H2,13,16). The Morgan fingerprint density at radius 3 is 3.11 bits per heavy atom. The minimum Gasteiger partial charge on any atom is -0.377 e. The molecule has 1 aromatic carbocycles. The molecule has 1 aliphatic rings. The van der Waals surface area contributed by atoms with E-state index in [2.05, 4.69) is 4.98 Å². The lowest BCUT2D eigenvalue weighted by Crippen LogP contribution is -2.45. The van der Waals surface area contributed by atoms with Gasteiger partial charge in [0.1, 0.15) is 11.0 Å². The molecule has 94 valence electrons. The maximum absolute atomic E-state index is 11.4. The van der Waals surface area contributed by atoms with Crippen molar-refractivity contribution in [3.05, 3.63) is 29.3 Å². The highest BCUT2D eigenvalue weighted by Gasteiger charge is 2.29. The van der Waals surface area contributed by atoms with Gasteiger partial charge in [-0.15, -0.1) is 11.3 Å². The lowest BCUT2D eigenvalue weighted by Gasteiger charge is -2.32. The van der Waals surface area contributed by atoms with Crippen LogP contribution in [0.5, 0.6) is 0 Å². The molecular weight excluding hydrogens is 250 g/mol. The Morgan fingerprint density at radius 1 is 1.50 bits per heavy atom. The molecular formula is C12H13N3O2S. The van der Waals surface area contributed by atoms with Gasteiger partial charge >= 0.3 is 6.03 Å². The fourth-order valence-electron chi connectivity index (χ4n) is 2.10. The Kier molecular flexibility index (Phi) is 2.89. The van der Waals surface area contributed by atoms with E-state index in [0.717, 1.165) is 15.2 Å². The number of hydrogen-bond donors (Lipinski definition) is 1. The third-order valence-electron chi connectivity index (χ3n) is 3.01. The molecule has 1 unspecified atom stereocenters. The van der Waals surface area contributed by atoms with E-state index in [4.69, 9.17) is 10.5 Å². The number of ether oxygens (including phenoxy) is 1. The molecule has 6 heteroatoms. The number of aromatic nitrogens is 1. The number of thiazole rings is 1. The van der Waals surface area contributed by atoms with Crippen molar-refractivity contribution in [2.24, 2.45) is 5.73 Å². The molecule has 1 atom stereocenters. The van der Waals surface area contributed by atoms with E-state index in [9.17, 15) is 4.79 Å². The largest absolute Gasteiger partial charge is 0.377 e. The molecule has 18 heavy (non-hydrogen) atoms. The second-order valence-corrected chi connectivity index (χ2v) is 5.20. The third kappa shape index (κ3) is 1.93. The van der Waals surface area contributed by atoms with E-state index >= 15 is 0 Å². The first kappa shape index (κ1) is 11.4. The predicted octanol–water partition coefficient (Wildman–Crippen LogP) is 1.75. The Morgan fingerprint density at radius 2 is 2.33 bits per heavy atom. The number of carbonyl (C=O) groups excluding carboxylic acids is 1. The number of morpholine rings is 1. The highest BCUT2D eigenvalue weighted by atomic mass is 32.1. The van der Waals surface area contributed by atoms with E-state index in [1.54, 1.807) is 16.2 Å². The zero-order chi connectivity index (χ0) is 12.5. The molecule has 1 aliphatic heterocycles. The fraction of sp³-hybridized carbons (Fsp3) is 0.333. The van der Waals surface area contributed by atoms with Crippen molar-refractivity contribution in [3.8, 4) is 0 Å². The van der Waals surface area contributed by atoms with Crippen LogP contribution in [0.4, 0.5) is 4.79 Å². The molecule has 1 fully saturated rings. The number of carbonyl (C=O) groups is 1. The fourth-order valence-corrected chi connectivity index (χ4v) is 3.17. The summed E-state index contributed by atoms with van der Waals surface area (Å²) in [5.74, 6) is 0. The van der Waals surface area contributed by atoms with Gasteiger partial charge in [-0.05, 0) is 12.1 Å². The quantitative estimate of drug-likeness (QED) is 0.852. The first-order valence-corrected chi connectivity index (χ1v) is 6.56. The number of nitrogens with zero attached hydrogens (tertiary/aromatic N) is 2. The van der Waals surface area contributed by atoms with Crippen LogP contribution >= 0.6 is 11.3 Å². The van der Waals surface area contributed by atoms with E-state index in [1.165, 1.54) is 0 Å². The minimum atomic E-state index is -0.414. The first-order chi connectivity index (χ1) is 8.75. The van der Waals surface area contributed by atoms with E-state index in [0.29, 0.717) is 19.8 Å². The van der Waals surface area contributed by atoms with Gasteiger partial charge in [-0.3, -0.25) is 0 Å². The number of rotatable bonds is 1.